The van der Waals surface area contributed by atoms with E-state index in [0.717, 1.165) is 53.6 Å². The number of aromatic nitrogens is 1. The third-order valence-electron chi connectivity index (χ3n) is 7.22. The molecule has 5 rings (SSSR count). The van der Waals surface area contributed by atoms with Crippen molar-refractivity contribution < 1.29 is 14.3 Å². The van der Waals surface area contributed by atoms with E-state index in [1.165, 1.54) is 0 Å². The normalized spacial score (nSPS) is 17.1. The molecule has 0 spiro atoms. The zero-order valence-electron chi connectivity index (χ0n) is 22.2. The maximum absolute atomic E-state index is 13.6. The molecule has 1 aliphatic carbocycles. The van der Waals surface area contributed by atoms with Crippen molar-refractivity contribution in [2.75, 3.05) is 12.3 Å². The molecular weight excluding hydrogens is 490 g/mol. The van der Waals surface area contributed by atoms with Gasteiger partial charge in [-0.05, 0) is 80.6 Å². The lowest BCUT2D eigenvalue weighted by atomic mass is 9.92. The fourth-order valence-electron chi connectivity index (χ4n) is 5.14. The second-order valence-corrected chi connectivity index (χ2v) is 9.99. The number of hydrogen-bond acceptors (Lipinski definition) is 6. The van der Waals surface area contributed by atoms with Gasteiger partial charge in [-0.25, -0.2) is 0 Å². The van der Waals surface area contributed by atoms with Gasteiger partial charge in [0.25, 0.3) is 5.91 Å². The maximum Gasteiger partial charge on any atom is 0.270 e. The van der Waals surface area contributed by atoms with E-state index in [4.69, 9.17) is 26.4 Å². The van der Waals surface area contributed by atoms with Gasteiger partial charge in [-0.1, -0.05) is 30.3 Å². The summed E-state index contributed by atoms with van der Waals surface area (Å²) in [7, 11) is 0. The molecule has 0 aliphatic heterocycles. The van der Waals surface area contributed by atoms with E-state index in [2.05, 4.69) is 5.32 Å². The van der Waals surface area contributed by atoms with Crippen molar-refractivity contribution in [2.24, 2.45) is 5.73 Å². The van der Waals surface area contributed by atoms with E-state index in [1.807, 2.05) is 78.2 Å². The van der Waals surface area contributed by atoms with Gasteiger partial charge in [0.1, 0.15) is 17.2 Å². The van der Waals surface area contributed by atoms with Gasteiger partial charge in [0.05, 0.1) is 17.8 Å². The quantitative estimate of drug-likeness (QED) is 0.180. The summed E-state index contributed by atoms with van der Waals surface area (Å²) in [6.45, 7) is 2.67. The van der Waals surface area contributed by atoms with Gasteiger partial charge in [0.2, 0.25) is 5.90 Å². The van der Waals surface area contributed by atoms with Gasteiger partial charge in [-0.3, -0.25) is 10.2 Å². The summed E-state index contributed by atoms with van der Waals surface area (Å²) in [5, 5.41) is 12.2. The number of fused-ring (bicyclic) bond motifs is 1. The average molecular weight is 526 g/mol. The molecule has 6 N–H and O–H groups in total. The third kappa shape index (κ3) is 5.91. The number of benzene rings is 3. The number of nitrogen functional groups attached to an aromatic ring is 1. The van der Waals surface area contributed by atoms with Crippen LogP contribution >= 0.6 is 0 Å². The first kappa shape index (κ1) is 26.3. The van der Waals surface area contributed by atoms with E-state index in [9.17, 15) is 4.79 Å². The standard InChI is InChI=1S/C31H35N5O3/c1-2-38-30(34)21-10-17-26-27(18-21)36(29(28(26)33)31(37)35-23-13-11-22(32)12-14-23)19-20-8-15-25(16-9-20)39-24-6-4-3-5-7-24/h3-10,15-18,22-23,34H,2,11-14,19,32-33H2,1H3,(H,35,37). The lowest BCUT2D eigenvalue weighted by Crippen LogP contribution is -2.41. The Kier molecular flexibility index (Phi) is 7.84. The fourth-order valence-corrected chi connectivity index (χ4v) is 5.14. The molecule has 1 amide bonds. The number of nitrogens with one attached hydrogen (secondary N) is 2. The number of carbonyl (C=O) groups is 1. The molecule has 0 unspecified atom stereocenters. The topological polar surface area (TPSA) is 128 Å². The predicted octanol–water partition coefficient (Wildman–Crippen LogP) is 5.43. The largest absolute Gasteiger partial charge is 0.478 e. The lowest BCUT2D eigenvalue weighted by Gasteiger charge is -2.27. The average Bonchev–Trinajstić information content (AvgIpc) is 3.22. The van der Waals surface area contributed by atoms with Crippen molar-refractivity contribution in [3.05, 3.63) is 89.6 Å². The first-order chi connectivity index (χ1) is 18.9. The number of nitrogens with two attached hydrogens (primary N) is 2. The number of ether oxygens (including phenoxy) is 2. The van der Waals surface area contributed by atoms with Crippen LogP contribution in [0.5, 0.6) is 11.5 Å². The second-order valence-electron chi connectivity index (χ2n) is 9.99. The lowest BCUT2D eigenvalue weighted by molar-refractivity contribution is 0.0918. The van der Waals surface area contributed by atoms with Crippen LogP contribution in [0.1, 0.15) is 54.2 Å². The maximum atomic E-state index is 13.6. The fraction of sp³-hybridized carbons (Fsp3) is 0.290. The monoisotopic (exact) mass is 525 g/mol. The van der Waals surface area contributed by atoms with E-state index >= 15 is 0 Å². The van der Waals surface area contributed by atoms with Crippen LogP contribution in [0.25, 0.3) is 10.9 Å². The molecule has 0 atom stereocenters. The molecule has 0 radical (unpaired) electrons. The Morgan fingerprint density at radius 3 is 2.38 bits per heavy atom. The van der Waals surface area contributed by atoms with Crippen LogP contribution in [-0.2, 0) is 11.3 Å². The molecule has 8 nitrogen and oxygen atoms in total. The molecule has 1 fully saturated rings. The van der Waals surface area contributed by atoms with Gasteiger partial charge < -0.3 is 30.8 Å². The molecule has 1 aromatic heterocycles. The third-order valence-corrected chi connectivity index (χ3v) is 7.22. The van der Waals surface area contributed by atoms with Crippen LogP contribution < -0.4 is 21.5 Å². The van der Waals surface area contributed by atoms with Gasteiger partial charge >= 0.3 is 0 Å². The smallest absolute Gasteiger partial charge is 0.270 e. The van der Waals surface area contributed by atoms with E-state index < -0.39 is 0 Å². The first-order valence-corrected chi connectivity index (χ1v) is 13.4. The zero-order chi connectivity index (χ0) is 27.4. The van der Waals surface area contributed by atoms with Crippen molar-refractivity contribution in [1.82, 2.24) is 9.88 Å². The Hall–Kier alpha value is -4.30. The van der Waals surface area contributed by atoms with E-state index in [-0.39, 0.29) is 23.9 Å². The molecule has 1 heterocycles. The predicted molar refractivity (Wildman–Crippen MR) is 155 cm³/mol. The van der Waals surface area contributed by atoms with Gasteiger partial charge in [-0.2, -0.15) is 0 Å². The zero-order valence-corrected chi connectivity index (χ0v) is 22.2. The highest BCUT2D eigenvalue weighted by atomic mass is 16.5. The molecule has 0 bridgehead atoms. The van der Waals surface area contributed by atoms with Gasteiger partial charge in [0, 0.05) is 29.6 Å². The summed E-state index contributed by atoms with van der Waals surface area (Å²) >= 11 is 0. The highest BCUT2D eigenvalue weighted by Crippen LogP contribution is 2.32. The van der Waals surface area contributed by atoms with Gasteiger partial charge in [-0.15, -0.1) is 0 Å². The molecule has 0 saturated heterocycles. The number of para-hydroxylation sites is 1. The summed E-state index contributed by atoms with van der Waals surface area (Å²) in [6.07, 6.45) is 3.49. The van der Waals surface area contributed by atoms with Crippen molar-refractivity contribution in [2.45, 2.75) is 51.2 Å². The number of amides is 1. The summed E-state index contributed by atoms with van der Waals surface area (Å²) in [6, 6.07) is 23.2. The SMILES string of the molecule is CCOC(=N)c1ccc2c(N)c(C(=O)NC3CCC(N)CC3)n(Cc3ccc(Oc4ccccc4)cc3)c2c1. The Morgan fingerprint density at radius 2 is 1.69 bits per heavy atom. The number of rotatable bonds is 8. The van der Waals surface area contributed by atoms with Crippen LogP contribution in [0, 0.1) is 5.41 Å². The Bertz CT molecular complexity index is 1460. The number of hydrogen-bond donors (Lipinski definition) is 4. The Balaban J connectivity index is 1.48. The minimum absolute atomic E-state index is 0.0688. The van der Waals surface area contributed by atoms with E-state index in [1.54, 1.807) is 6.07 Å². The molecular formula is C31H35N5O3. The van der Waals surface area contributed by atoms with Crippen LogP contribution in [0.3, 0.4) is 0 Å². The first-order valence-electron chi connectivity index (χ1n) is 13.4. The summed E-state index contributed by atoms with van der Waals surface area (Å²) in [4.78, 5) is 13.6. The molecule has 1 aliphatic rings. The number of carbonyl (C=O) groups excluding carboxylic acids is 1. The molecule has 3 aromatic carbocycles. The van der Waals surface area contributed by atoms with Gasteiger partial charge in [0.15, 0.2) is 0 Å². The molecule has 202 valence electrons. The number of anilines is 1. The Labute approximate surface area is 228 Å². The van der Waals surface area contributed by atoms with Crippen molar-refractivity contribution >= 4 is 28.4 Å². The summed E-state index contributed by atoms with van der Waals surface area (Å²) in [5.74, 6) is 1.37. The summed E-state index contributed by atoms with van der Waals surface area (Å²) < 4.78 is 13.3. The molecule has 8 heteroatoms. The van der Waals surface area contributed by atoms with Crippen molar-refractivity contribution in [3.8, 4) is 11.5 Å². The molecule has 4 aromatic rings. The van der Waals surface area contributed by atoms with Crippen LogP contribution in [0.4, 0.5) is 5.69 Å². The molecule has 1 saturated carbocycles. The highest BCUT2D eigenvalue weighted by Gasteiger charge is 2.26. The van der Waals surface area contributed by atoms with Crippen LogP contribution in [-0.4, -0.2) is 35.1 Å². The second kappa shape index (κ2) is 11.6. The van der Waals surface area contributed by atoms with Crippen LogP contribution in [0.2, 0.25) is 0 Å². The highest BCUT2D eigenvalue weighted by molar-refractivity contribution is 6.09. The minimum Gasteiger partial charge on any atom is -0.478 e. The van der Waals surface area contributed by atoms with E-state index in [0.29, 0.717) is 30.1 Å². The number of nitrogens with zero attached hydrogens (tertiary/aromatic N) is 1. The molecule has 39 heavy (non-hydrogen) atoms. The van der Waals surface area contributed by atoms with Crippen LogP contribution in [0.15, 0.2) is 72.8 Å². The van der Waals surface area contributed by atoms with Crippen molar-refractivity contribution in [3.63, 3.8) is 0 Å². The Morgan fingerprint density at radius 1 is 1.00 bits per heavy atom. The summed E-state index contributed by atoms with van der Waals surface area (Å²) in [5.41, 5.74) is 15.9. The van der Waals surface area contributed by atoms with Crippen molar-refractivity contribution in [1.29, 1.82) is 5.41 Å². The minimum atomic E-state index is -0.199.